The lowest BCUT2D eigenvalue weighted by molar-refractivity contribution is -0.141. The van der Waals surface area contributed by atoms with Gasteiger partial charge in [0, 0.05) is 52.7 Å². The quantitative estimate of drug-likeness (QED) is 0.806. The lowest BCUT2D eigenvalue weighted by Crippen LogP contribution is -2.54. The van der Waals surface area contributed by atoms with Crippen LogP contribution in [0.5, 0.6) is 0 Å². The molecule has 0 radical (unpaired) electrons. The fraction of sp³-hybridized carbons (Fsp3) is 0.875. The van der Waals surface area contributed by atoms with Gasteiger partial charge in [-0.25, -0.2) is 0 Å². The van der Waals surface area contributed by atoms with E-state index in [0.717, 1.165) is 32.5 Å². The highest BCUT2D eigenvalue weighted by molar-refractivity contribution is 5.81. The topological polar surface area (TPSA) is 64.1 Å². The normalized spacial score (nSPS) is 24.5. The molecule has 6 heteroatoms. The van der Waals surface area contributed by atoms with Crippen molar-refractivity contribution < 1.29 is 14.7 Å². The molecule has 0 bridgehead atoms. The molecule has 2 fully saturated rings. The predicted molar refractivity (Wildman–Crippen MR) is 84.3 cm³/mol. The minimum atomic E-state index is -0.697. The van der Waals surface area contributed by atoms with Gasteiger partial charge in [0.05, 0.1) is 11.5 Å². The van der Waals surface area contributed by atoms with Gasteiger partial charge < -0.3 is 14.9 Å². The maximum Gasteiger partial charge on any atom is 0.227 e. The Morgan fingerprint density at radius 2 is 1.73 bits per heavy atom. The van der Waals surface area contributed by atoms with E-state index in [1.165, 1.54) is 0 Å². The molecule has 2 rings (SSSR count). The molecule has 0 aliphatic carbocycles. The second kappa shape index (κ2) is 6.96. The largest absolute Gasteiger partial charge is 0.389 e. The van der Waals surface area contributed by atoms with E-state index < -0.39 is 5.60 Å². The third kappa shape index (κ3) is 4.68. The summed E-state index contributed by atoms with van der Waals surface area (Å²) in [7, 11) is 0. The summed E-state index contributed by atoms with van der Waals surface area (Å²) in [6.07, 6.45) is 1.79. The molecule has 2 amide bonds. The summed E-state index contributed by atoms with van der Waals surface area (Å²) in [6.45, 7) is 10.2. The van der Waals surface area contributed by atoms with Gasteiger partial charge in [0.25, 0.3) is 0 Å². The van der Waals surface area contributed by atoms with Crippen LogP contribution in [0.4, 0.5) is 0 Å². The highest BCUT2D eigenvalue weighted by Gasteiger charge is 2.32. The maximum atomic E-state index is 12.6. The summed E-state index contributed by atoms with van der Waals surface area (Å²) >= 11 is 0. The van der Waals surface area contributed by atoms with Crippen LogP contribution in [0.15, 0.2) is 0 Å². The van der Waals surface area contributed by atoms with Crippen LogP contribution in [0.1, 0.15) is 33.6 Å². The van der Waals surface area contributed by atoms with Gasteiger partial charge in [0.1, 0.15) is 0 Å². The number of piperidine rings is 1. The Labute approximate surface area is 133 Å². The molecule has 1 atom stereocenters. The number of hydrogen-bond donors (Lipinski definition) is 1. The van der Waals surface area contributed by atoms with Crippen LogP contribution in [-0.2, 0) is 9.59 Å². The summed E-state index contributed by atoms with van der Waals surface area (Å²) in [4.78, 5) is 30.0. The Bertz CT molecular complexity index is 411. The van der Waals surface area contributed by atoms with E-state index in [4.69, 9.17) is 0 Å². The second-order valence-corrected chi connectivity index (χ2v) is 7.22. The van der Waals surface area contributed by atoms with Gasteiger partial charge in [-0.3, -0.25) is 14.5 Å². The van der Waals surface area contributed by atoms with Crippen molar-refractivity contribution in [2.45, 2.75) is 39.2 Å². The zero-order chi connectivity index (χ0) is 16.3. The summed E-state index contributed by atoms with van der Waals surface area (Å²) in [6, 6.07) is 0. The van der Waals surface area contributed by atoms with E-state index in [9.17, 15) is 14.7 Å². The van der Waals surface area contributed by atoms with Gasteiger partial charge in [-0.05, 0) is 26.7 Å². The second-order valence-electron chi connectivity index (χ2n) is 7.22. The first-order valence-electron chi connectivity index (χ1n) is 8.25. The van der Waals surface area contributed by atoms with Crippen molar-refractivity contribution in [1.82, 2.24) is 14.7 Å². The number of aliphatic hydroxyl groups is 1. The molecule has 0 unspecified atom stereocenters. The highest BCUT2D eigenvalue weighted by atomic mass is 16.3. The van der Waals surface area contributed by atoms with Crippen molar-refractivity contribution in [3.63, 3.8) is 0 Å². The zero-order valence-electron chi connectivity index (χ0n) is 14.0. The van der Waals surface area contributed by atoms with E-state index in [1.807, 2.05) is 18.7 Å². The SMILES string of the molecule is CC(=O)N1CCC[C@H](C(=O)N2CCN(CC(C)(C)O)CC2)C1. The third-order valence-corrected chi connectivity index (χ3v) is 4.51. The van der Waals surface area contributed by atoms with Crippen LogP contribution in [0.3, 0.4) is 0 Å². The van der Waals surface area contributed by atoms with Crippen LogP contribution in [0.2, 0.25) is 0 Å². The number of hydrogen-bond acceptors (Lipinski definition) is 4. The Morgan fingerprint density at radius 1 is 1.09 bits per heavy atom. The average Bonchev–Trinajstić information content (AvgIpc) is 2.46. The Morgan fingerprint density at radius 3 is 2.27 bits per heavy atom. The fourth-order valence-corrected chi connectivity index (χ4v) is 3.40. The lowest BCUT2D eigenvalue weighted by atomic mass is 9.96. The molecule has 2 aliphatic heterocycles. The number of carbonyl (C=O) groups is 2. The monoisotopic (exact) mass is 311 g/mol. The van der Waals surface area contributed by atoms with Gasteiger partial charge >= 0.3 is 0 Å². The highest BCUT2D eigenvalue weighted by Crippen LogP contribution is 2.20. The molecule has 0 aromatic carbocycles. The van der Waals surface area contributed by atoms with Crippen LogP contribution in [0, 0.1) is 5.92 Å². The molecule has 126 valence electrons. The van der Waals surface area contributed by atoms with Crippen molar-refractivity contribution in [3.8, 4) is 0 Å². The molecule has 0 saturated carbocycles. The smallest absolute Gasteiger partial charge is 0.227 e. The van der Waals surface area contributed by atoms with Gasteiger partial charge in [-0.1, -0.05) is 0 Å². The average molecular weight is 311 g/mol. The number of carbonyl (C=O) groups excluding carboxylic acids is 2. The molecule has 1 N–H and O–H groups in total. The van der Waals surface area contributed by atoms with Crippen molar-refractivity contribution >= 4 is 11.8 Å². The zero-order valence-corrected chi connectivity index (χ0v) is 14.0. The molecule has 22 heavy (non-hydrogen) atoms. The van der Waals surface area contributed by atoms with E-state index in [1.54, 1.807) is 11.8 Å². The van der Waals surface area contributed by atoms with Crippen molar-refractivity contribution in [3.05, 3.63) is 0 Å². The van der Waals surface area contributed by atoms with Crippen molar-refractivity contribution in [1.29, 1.82) is 0 Å². The molecule has 6 nitrogen and oxygen atoms in total. The fourth-order valence-electron chi connectivity index (χ4n) is 3.40. The van der Waals surface area contributed by atoms with E-state index >= 15 is 0 Å². The van der Waals surface area contributed by atoms with Crippen molar-refractivity contribution in [2.24, 2.45) is 5.92 Å². The molecule has 0 spiro atoms. The van der Waals surface area contributed by atoms with Crippen LogP contribution >= 0.6 is 0 Å². The number of amides is 2. The summed E-state index contributed by atoms with van der Waals surface area (Å²) in [5, 5.41) is 9.87. The van der Waals surface area contributed by atoms with Crippen LogP contribution in [0.25, 0.3) is 0 Å². The number of piperazine rings is 1. The molecule has 0 aromatic heterocycles. The number of rotatable bonds is 3. The Balaban J connectivity index is 1.83. The number of likely N-dealkylation sites (tertiary alicyclic amines) is 1. The first kappa shape index (κ1) is 17.2. The van der Waals surface area contributed by atoms with Gasteiger partial charge in [-0.2, -0.15) is 0 Å². The van der Waals surface area contributed by atoms with E-state index in [2.05, 4.69) is 4.90 Å². The van der Waals surface area contributed by atoms with Gasteiger partial charge in [0.2, 0.25) is 11.8 Å². The first-order valence-corrected chi connectivity index (χ1v) is 8.25. The van der Waals surface area contributed by atoms with Gasteiger partial charge in [0.15, 0.2) is 0 Å². The minimum absolute atomic E-state index is 0.0431. The minimum Gasteiger partial charge on any atom is -0.389 e. The molecule has 2 aliphatic rings. The molecule has 2 heterocycles. The van der Waals surface area contributed by atoms with Crippen molar-refractivity contribution in [2.75, 3.05) is 45.8 Å². The third-order valence-electron chi connectivity index (χ3n) is 4.51. The Hall–Kier alpha value is -1.14. The number of β-amino-alcohol motifs (C(OH)–C–C–N with tert-alkyl or cyclic N) is 1. The lowest BCUT2D eigenvalue weighted by Gasteiger charge is -2.40. The van der Waals surface area contributed by atoms with Gasteiger partial charge in [-0.15, -0.1) is 0 Å². The molecular weight excluding hydrogens is 282 g/mol. The van der Waals surface area contributed by atoms with Crippen LogP contribution in [-0.4, -0.2) is 83.0 Å². The first-order chi connectivity index (χ1) is 10.3. The summed E-state index contributed by atoms with van der Waals surface area (Å²) in [5.74, 6) is 0.208. The molecule has 2 saturated heterocycles. The predicted octanol–water partition coefficient (Wildman–Crippen LogP) is 0.160. The molecule has 0 aromatic rings. The number of nitrogens with zero attached hydrogens (tertiary/aromatic N) is 3. The van der Waals surface area contributed by atoms with Crippen LogP contribution < -0.4 is 0 Å². The summed E-state index contributed by atoms with van der Waals surface area (Å²) in [5.41, 5.74) is -0.697. The van der Waals surface area contributed by atoms with E-state index in [-0.39, 0.29) is 17.7 Å². The standard InChI is InChI=1S/C16H29N3O3/c1-13(20)19-6-4-5-14(11-19)15(21)18-9-7-17(8-10-18)12-16(2,3)22/h14,22H,4-12H2,1-3H3/t14-/m0/s1. The van der Waals surface area contributed by atoms with E-state index in [0.29, 0.717) is 26.2 Å². The molecular formula is C16H29N3O3. The summed E-state index contributed by atoms with van der Waals surface area (Å²) < 4.78 is 0. The Kier molecular flexibility index (Phi) is 5.45. The maximum absolute atomic E-state index is 12.6.